The average Bonchev–Trinajstić information content (AvgIpc) is 2.85. The van der Waals surface area contributed by atoms with Crippen LogP contribution < -0.4 is 10.6 Å². The lowest BCUT2D eigenvalue weighted by Gasteiger charge is -2.31. The van der Waals surface area contributed by atoms with E-state index in [1.807, 2.05) is 12.3 Å². The van der Waals surface area contributed by atoms with Crippen LogP contribution in [0, 0.1) is 5.82 Å². The number of hydrogen-bond donors (Lipinski definition) is 1. The van der Waals surface area contributed by atoms with Crippen molar-refractivity contribution in [1.29, 1.82) is 0 Å². The summed E-state index contributed by atoms with van der Waals surface area (Å²) in [6, 6.07) is 5.10. The summed E-state index contributed by atoms with van der Waals surface area (Å²) in [6.07, 6.45) is 3.77. The number of halogens is 1. The quantitative estimate of drug-likeness (QED) is 0.873. The van der Waals surface area contributed by atoms with E-state index in [9.17, 15) is 4.39 Å². The number of aromatic nitrogens is 2. The van der Waals surface area contributed by atoms with Gasteiger partial charge in [0, 0.05) is 43.3 Å². The Hall–Kier alpha value is -1.88. The molecule has 0 aliphatic carbocycles. The fourth-order valence-electron chi connectivity index (χ4n) is 2.42. The van der Waals surface area contributed by atoms with E-state index in [2.05, 4.69) is 14.5 Å². The van der Waals surface area contributed by atoms with Crippen molar-refractivity contribution < 1.29 is 4.39 Å². The van der Waals surface area contributed by atoms with Gasteiger partial charge in [-0.2, -0.15) is 0 Å². The van der Waals surface area contributed by atoms with Crippen molar-refractivity contribution in [2.75, 3.05) is 11.4 Å². The minimum Gasteiger partial charge on any atom is -0.362 e. The van der Waals surface area contributed by atoms with Crippen LogP contribution in [0.1, 0.15) is 11.4 Å². The van der Waals surface area contributed by atoms with Gasteiger partial charge in [0.05, 0.1) is 6.54 Å². The van der Waals surface area contributed by atoms with Crippen LogP contribution in [0.3, 0.4) is 0 Å². The lowest BCUT2D eigenvalue weighted by molar-refractivity contribution is 0.554. The number of rotatable bonds is 2. The summed E-state index contributed by atoms with van der Waals surface area (Å²) < 4.78 is 15.8. The van der Waals surface area contributed by atoms with Gasteiger partial charge in [-0.25, -0.2) is 9.37 Å². The van der Waals surface area contributed by atoms with Crippen LogP contribution in [0.25, 0.3) is 0 Å². The van der Waals surface area contributed by atoms with Gasteiger partial charge in [0.15, 0.2) is 0 Å². The maximum Gasteiger partial charge on any atom is 0.129 e. The maximum absolute atomic E-state index is 13.7. The number of nitrogens with zero attached hydrogens (tertiary/aromatic N) is 3. The molecule has 0 bridgehead atoms. The van der Waals surface area contributed by atoms with Gasteiger partial charge in [0.1, 0.15) is 11.6 Å². The summed E-state index contributed by atoms with van der Waals surface area (Å²) in [5.74, 6) is 0.775. The predicted octanol–water partition coefficient (Wildman–Crippen LogP) is 1.50. The SMILES string of the molecule is NCc1c(F)cccc1N1CCn2ccnc2C1. The third-order valence-corrected chi connectivity index (χ3v) is 3.38. The molecule has 0 saturated carbocycles. The highest BCUT2D eigenvalue weighted by molar-refractivity contribution is 5.54. The molecule has 18 heavy (non-hydrogen) atoms. The van der Waals surface area contributed by atoms with E-state index in [1.165, 1.54) is 6.07 Å². The van der Waals surface area contributed by atoms with Gasteiger partial charge in [-0.15, -0.1) is 0 Å². The highest BCUT2D eigenvalue weighted by Crippen LogP contribution is 2.26. The summed E-state index contributed by atoms with van der Waals surface area (Å²) in [5, 5.41) is 0. The van der Waals surface area contributed by atoms with Gasteiger partial charge in [0.2, 0.25) is 0 Å². The first-order valence-corrected chi connectivity index (χ1v) is 6.02. The molecule has 0 atom stereocenters. The number of nitrogens with two attached hydrogens (primary N) is 1. The van der Waals surface area contributed by atoms with Gasteiger partial charge in [-0.05, 0) is 12.1 Å². The average molecular weight is 246 g/mol. The molecule has 1 aromatic heterocycles. The van der Waals surface area contributed by atoms with Crippen molar-refractivity contribution in [3.05, 3.63) is 47.8 Å². The van der Waals surface area contributed by atoms with E-state index in [1.54, 1.807) is 12.3 Å². The normalized spacial score (nSPS) is 14.7. The van der Waals surface area contributed by atoms with E-state index in [-0.39, 0.29) is 12.4 Å². The molecule has 5 heteroatoms. The second kappa shape index (κ2) is 4.42. The zero-order chi connectivity index (χ0) is 12.5. The number of benzene rings is 1. The Bertz CT molecular complexity index is 564. The molecule has 94 valence electrons. The summed E-state index contributed by atoms with van der Waals surface area (Å²) in [6.45, 7) is 2.63. The van der Waals surface area contributed by atoms with E-state index in [0.717, 1.165) is 24.6 Å². The fraction of sp³-hybridized carbons (Fsp3) is 0.308. The molecule has 0 unspecified atom stereocenters. The van der Waals surface area contributed by atoms with Crippen LogP contribution in [0.4, 0.5) is 10.1 Å². The van der Waals surface area contributed by atoms with E-state index >= 15 is 0 Å². The molecule has 0 spiro atoms. The molecule has 2 N–H and O–H groups in total. The summed E-state index contributed by atoms with van der Waals surface area (Å²) in [5.41, 5.74) is 7.11. The second-order valence-electron chi connectivity index (χ2n) is 4.40. The highest BCUT2D eigenvalue weighted by atomic mass is 19.1. The van der Waals surface area contributed by atoms with Gasteiger partial charge in [-0.1, -0.05) is 6.07 Å². The van der Waals surface area contributed by atoms with Gasteiger partial charge in [-0.3, -0.25) is 0 Å². The number of hydrogen-bond acceptors (Lipinski definition) is 3. The first-order valence-electron chi connectivity index (χ1n) is 6.02. The maximum atomic E-state index is 13.7. The lowest BCUT2D eigenvalue weighted by Crippen LogP contribution is -2.34. The third kappa shape index (κ3) is 1.76. The fourth-order valence-corrected chi connectivity index (χ4v) is 2.42. The molecule has 3 rings (SSSR count). The van der Waals surface area contributed by atoms with Crippen molar-refractivity contribution >= 4 is 5.69 Å². The summed E-state index contributed by atoms with van der Waals surface area (Å²) in [4.78, 5) is 6.44. The Labute approximate surface area is 105 Å². The number of fused-ring (bicyclic) bond motifs is 1. The van der Waals surface area contributed by atoms with Crippen molar-refractivity contribution in [2.45, 2.75) is 19.6 Å². The molecule has 1 aromatic carbocycles. The van der Waals surface area contributed by atoms with Crippen LogP contribution in [0.2, 0.25) is 0 Å². The van der Waals surface area contributed by atoms with Crippen molar-refractivity contribution in [2.24, 2.45) is 5.73 Å². The first-order chi connectivity index (χ1) is 8.79. The zero-order valence-corrected chi connectivity index (χ0v) is 10.0. The largest absolute Gasteiger partial charge is 0.362 e. The molecule has 2 aromatic rings. The number of imidazole rings is 1. The Morgan fingerprint density at radius 1 is 1.33 bits per heavy atom. The molecule has 4 nitrogen and oxygen atoms in total. The van der Waals surface area contributed by atoms with Crippen molar-refractivity contribution in [3.8, 4) is 0 Å². The Morgan fingerprint density at radius 2 is 2.22 bits per heavy atom. The summed E-state index contributed by atoms with van der Waals surface area (Å²) >= 11 is 0. The predicted molar refractivity (Wildman–Crippen MR) is 67.6 cm³/mol. The molecule has 1 aliphatic heterocycles. The van der Waals surface area contributed by atoms with E-state index < -0.39 is 0 Å². The number of anilines is 1. The smallest absolute Gasteiger partial charge is 0.129 e. The van der Waals surface area contributed by atoms with Crippen LogP contribution in [-0.4, -0.2) is 16.1 Å². The molecular weight excluding hydrogens is 231 g/mol. The zero-order valence-electron chi connectivity index (χ0n) is 10.0. The van der Waals surface area contributed by atoms with Crippen LogP contribution >= 0.6 is 0 Å². The van der Waals surface area contributed by atoms with E-state index in [4.69, 9.17) is 5.73 Å². The van der Waals surface area contributed by atoms with Crippen molar-refractivity contribution in [1.82, 2.24) is 9.55 Å². The van der Waals surface area contributed by atoms with Crippen LogP contribution in [0.5, 0.6) is 0 Å². The van der Waals surface area contributed by atoms with Gasteiger partial charge in [0.25, 0.3) is 0 Å². The molecule has 0 fully saturated rings. The lowest BCUT2D eigenvalue weighted by atomic mass is 10.1. The van der Waals surface area contributed by atoms with Gasteiger partial charge >= 0.3 is 0 Å². The molecule has 0 radical (unpaired) electrons. The monoisotopic (exact) mass is 246 g/mol. The third-order valence-electron chi connectivity index (χ3n) is 3.38. The van der Waals surface area contributed by atoms with Crippen LogP contribution in [0.15, 0.2) is 30.6 Å². The summed E-state index contributed by atoms with van der Waals surface area (Å²) in [7, 11) is 0. The first kappa shape index (κ1) is 11.2. The Morgan fingerprint density at radius 3 is 3.06 bits per heavy atom. The molecule has 0 amide bonds. The molecule has 1 aliphatic rings. The topological polar surface area (TPSA) is 47.1 Å². The second-order valence-corrected chi connectivity index (χ2v) is 4.40. The Kier molecular flexibility index (Phi) is 2.76. The molecule has 2 heterocycles. The van der Waals surface area contributed by atoms with E-state index in [0.29, 0.717) is 12.1 Å². The molecule has 0 saturated heterocycles. The highest BCUT2D eigenvalue weighted by Gasteiger charge is 2.19. The van der Waals surface area contributed by atoms with Crippen LogP contribution in [-0.2, 0) is 19.6 Å². The standard InChI is InChI=1S/C13H15FN4/c14-11-2-1-3-12(10(11)8-15)18-7-6-17-5-4-16-13(17)9-18/h1-5H,6-9,15H2. The van der Waals surface area contributed by atoms with Gasteiger partial charge < -0.3 is 15.2 Å². The Balaban J connectivity index is 1.95. The minimum atomic E-state index is -0.232. The molecular formula is C13H15FN4. The van der Waals surface area contributed by atoms with Crippen molar-refractivity contribution in [3.63, 3.8) is 0 Å². The minimum absolute atomic E-state index is 0.215.